The smallest absolute Gasteiger partial charge is 0.416 e. The molecular formula is C31H28F3NO2. The third-order valence-corrected chi connectivity index (χ3v) is 8.10. The molecule has 1 saturated heterocycles. The van der Waals surface area contributed by atoms with Crippen LogP contribution in [0.2, 0.25) is 0 Å². The molecule has 6 heteroatoms. The Bertz CT molecular complexity index is 1350. The van der Waals surface area contributed by atoms with E-state index in [2.05, 4.69) is 24.3 Å². The molecule has 2 heterocycles. The Kier molecular flexibility index (Phi) is 5.85. The van der Waals surface area contributed by atoms with E-state index in [-0.39, 0.29) is 36.3 Å². The van der Waals surface area contributed by atoms with Crippen molar-refractivity contribution in [3.8, 4) is 11.1 Å². The van der Waals surface area contributed by atoms with Gasteiger partial charge in [-0.3, -0.25) is 4.90 Å². The van der Waals surface area contributed by atoms with Crippen LogP contribution in [0.3, 0.4) is 0 Å². The van der Waals surface area contributed by atoms with Gasteiger partial charge in [-0.15, -0.1) is 0 Å². The van der Waals surface area contributed by atoms with Gasteiger partial charge < -0.3 is 4.74 Å². The van der Waals surface area contributed by atoms with Crippen LogP contribution in [0.1, 0.15) is 59.4 Å². The highest BCUT2D eigenvalue weighted by molar-refractivity contribution is 5.79. The lowest BCUT2D eigenvalue weighted by Gasteiger charge is -2.44. The number of aryl methyl sites for hydroxylation is 1. The summed E-state index contributed by atoms with van der Waals surface area (Å²) in [6.45, 7) is 1.74. The molecule has 0 N–H and O–H groups in total. The molecule has 0 radical (unpaired) electrons. The molecule has 2 aliphatic heterocycles. The van der Waals surface area contributed by atoms with Crippen LogP contribution < -0.4 is 0 Å². The molecule has 1 aliphatic carbocycles. The molecule has 2 bridgehead atoms. The van der Waals surface area contributed by atoms with E-state index in [4.69, 9.17) is 4.74 Å². The van der Waals surface area contributed by atoms with Crippen LogP contribution >= 0.6 is 0 Å². The molecule has 0 saturated carbocycles. The summed E-state index contributed by atoms with van der Waals surface area (Å²) in [4.78, 5) is 15.2. The van der Waals surface area contributed by atoms with Gasteiger partial charge in [0.2, 0.25) is 0 Å². The van der Waals surface area contributed by atoms with Crippen molar-refractivity contribution in [2.45, 2.75) is 56.8 Å². The number of benzene rings is 3. The SMILES string of the molecule is Cc1ccc(C2=CC3CCCC(C2)N3C(=O)OCC2c3ccccc3-c3ccccc32)cc1C(F)(F)F. The van der Waals surface area contributed by atoms with E-state index in [1.807, 2.05) is 35.2 Å². The van der Waals surface area contributed by atoms with E-state index in [0.717, 1.165) is 36.0 Å². The number of alkyl halides is 3. The number of amides is 1. The Hall–Kier alpha value is -3.54. The number of ether oxygens (including phenoxy) is 1. The fourth-order valence-corrected chi connectivity index (χ4v) is 6.32. The molecule has 37 heavy (non-hydrogen) atoms. The van der Waals surface area contributed by atoms with E-state index < -0.39 is 11.7 Å². The van der Waals surface area contributed by atoms with Crippen molar-refractivity contribution in [1.82, 2.24) is 4.90 Å². The molecule has 2 atom stereocenters. The minimum absolute atomic E-state index is 0.0135. The summed E-state index contributed by atoms with van der Waals surface area (Å²) in [6, 6.07) is 20.7. The van der Waals surface area contributed by atoms with Crippen molar-refractivity contribution in [2.24, 2.45) is 0 Å². The van der Waals surface area contributed by atoms with Gasteiger partial charge in [0, 0.05) is 12.0 Å². The van der Waals surface area contributed by atoms with Crippen molar-refractivity contribution in [3.05, 3.63) is 101 Å². The Balaban J connectivity index is 1.22. The normalized spacial score (nSPS) is 20.8. The van der Waals surface area contributed by atoms with Crippen LogP contribution in [-0.4, -0.2) is 29.7 Å². The highest BCUT2D eigenvalue weighted by atomic mass is 19.4. The summed E-state index contributed by atoms with van der Waals surface area (Å²) in [7, 11) is 0. The van der Waals surface area contributed by atoms with Crippen molar-refractivity contribution in [2.75, 3.05) is 6.61 Å². The Labute approximate surface area is 214 Å². The molecule has 6 rings (SSSR count). The third kappa shape index (κ3) is 4.22. The molecule has 0 spiro atoms. The largest absolute Gasteiger partial charge is 0.448 e. The number of carbonyl (C=O) groups excluding carboxylic acids is 1. The molecule has 2 unspecified atom stereocenters. The predicted octanol–water partition coefficient (Wildman–Crippen LogP) is 7.97. The quantitative estimate of drug-likeness (QED) is 0.363. The van der Waals surface area contributed by atoms with Crippen LogP contribution in [0.5, 0.6) is 0 Å². The van der Waals surface area contributed by atoms with E-state index >= 15 is 0 Å². The maximum atomic E-state index is 13.5. The molecule has 1 fully saturated rings. The first-order valence-electron chi connectivity index (χ1n) is 12.8. The lowest BCUT2D eigenvalue weighted by Crippen LogP contribution is -2.51. The Morgan fingerprint density at radius 1 is 0.973 bits per heavy atom. The molecule has 3 aromatic carbocycles. The first kappa shape index (κ1) is 23.8. The second kappa shape index (κ2) is 9.09. The summed E-state index contributed by atoms with van der Waals surface area (Å²) in [5, 5.41) is 0. The summed E-state index contributed by atoms with van der Waals surface area (Å²) in [5.74, 6) is -0.0135. The van der Waals surface area contributed by atoms with Crippen molar-refractivity contribution in [3.63, 3.8) is 0 Å². The van der Waals surface area contributed by atoms with Crippen molar-refractivity contribution < 1.29 is 22.7 Å². The van der Waals surface area contributed by atoms with Gasteiger partial charge in [0.05, 0.1) is 11.6 Å². The maximum Gasteiger partial charge on any atom is 0.416 e. The Morgan fingerprint density at radius 3 is 2.30 bits per heavy atom. The highest BCUT2D eigenvalue weighted by Gasteiger charge is 2.40. The zero-order valence-electron chi connectivity index (χ0n) is 20.6. The van der Waals surface area contributed by atoms with Gasteiger partial charge in [-0.2, -0.15) is 13.2 Å². The summed E-state index contributed by atoms with van der Waals surface area (Å²) in [5.41, 5.74) is 5.76. The van der Waals surface area contributed by atoms with Gasteiger partial charge in [-0.25, -0.2) is 4.79 Å². The molecule has 3 nitrogen and oxygen atoms in total. The average molecular weight is 504 g/mol. The molecular weight excluding hydrogens is 475 g/mol. The number of nitrogens with zero attached hydrogens (tertiary/aromatic N) is 1. The van der Waals surface area contributed by atoms with Crippen LogP contribution in [0.4, 0.5) is 18.0 Å². The summed E-state index contributed by atoms with van der Waals surface area (Å²) in [6.07, 6.45) is 0.347. The van der Waals surface area contributed by atoms with E-state index in [0.29, 0.717) is 12.0 Å². The highest BCUT2D eigenvalue weighted by Crippen LogP contribution is 2.45. The number of fused-ring (bicyclic) bond motifs is 5. The lowest BCUT2D eigenvalue weighted by atomic mass is 9.82. The second-order valence-electron chi connectivity index (χ2n) is 10.3. The summed E-state index contributed by atoms with van der Waals surface area (Å²) < 4.78 is 46.5. The first-order valence-corrected chi connectivity index (χ1v) is 12.8. The van der Waals surface area contributed by atoms with Gasteiger partial charge in [0.25, 0.3) is 0 Å². The molecule has 0 aromatic heterocycles. The lowest BCUT2D eigenvalue weighted by molar-refractivity contribution is -0.138. The minimum Gasteiger partial charge on any atom is -0.448 e. The predicted molar refractivity (Wildman–Crippen MR) is 137 cm³/mol. The van der Waals surface area contributed by atoms with Gasteiger partial charge in [-0.1, -0.05) is 66.7 Å². The number of hydrogen-bond donors (Lipinski definition) is 0. The van der Waals surface area contributed by atoms with Gasteiger partial charge >= 0.3 is 12.3 Å². The van der Waals surface area contributed by atoms with Crippen molar-refractivity contribution >= 4 is 11.7 Å². The fraction of sp³-hybridized carbons (Fsp3) is 0.323. The average Bonchev–Trinajstić information content (AvgIpc) is 3.20. The number of rotatable bonds is 3. The topological polar surface area (TPSA) is 29.5 Å². The number of carbonyl (C=O) groups is 1. The first-order chi connectivity index (χ1) is 17.8. The second-order valence-corrected chi connectivity index (χ2v) is 10.3. The number of piperidine rings is 1. The van der Waals surface area contributed by atoms with E-state index in [1.165, 1.54) is 30.2 Å². The third-order valence-electron chi connectivity index (χ3n) is 8.10. The summed E-state index contributed by atoms with van der Waals surface area (Å²) >= 11 is 0. The zero-order valence-corrected chi connectivity index (χ0v) is 20.6. The van der Waals surface area contributed by atoms with E-state index in [1.54, 1.807) is 6.07 Å². The van der Waals surface area contributed by atoms with Crippen LogP contribution in [0.15, 0.2) is 72.8 Å². The minimum atomic E-state index is -4.39. The van der Waals surface area contributed by atoms with Crippen LogP contribution in [0.25, 0.3) is 16.7 Å². The number of halogens is 3. The molecule has 3 aromatic rings. The molecule has 3 aliphatic rings. The van der Waals surface area contributed by atoms with Gasteiger partial charge in [-0.05, 0) is 77.6 Å². The standard InChI is InChI=1S/C31H28F3NO2/c1-19-13-14-20(17-29(19)31(32,33)34)21-15-22-7-6-8-23(16-21)35(22)30(36)37-18-28-26-11-4-2-9-24(26)25-10-3-5-12-27(25)28/h2-5,9-15,17,22-23,28H,6-8,16,18H2,1H3. The monoisotopic (exact) mass is 503 g/mol. The zero-order chi connectivity index (χ0) is 25.7. The number of hydrogen-bond acceptors (Lipinski definition) is 2. The van der Waals surface area contributed by atoms with Crippen LogP contribution in [-0.2, 0) is 10.9 Å². The van der Waals surface area contributed by atoms with Gasteiger partial charge in [0.1, 0.15) is 6.61 Å². The van der Waals surface area contributed by atoms with Gasteiger partial charge in [0.15, 0.2) is 0 Å². The maximum absolute atomic E-state index is 13.5. The van der Waals surface area contributed by atoms with Crippen LogP contribution in [0, 0.1) is 6.92 Å². The molecule has 190 valence electrons. The fourth-order valence-electron chi connectivity index (χ4n) is 6.32. The Morgan fingerprint density at radius 2 is 1.65 bits per heavy atom. The van der Waals surface area contributed by atoms with E-state index in [9.17, 15) is 18.0 Å². The molecule has 1 amide bonds. The van der Waals surface area contributed by atoms with Crippen molar-refractivity contribution in [1.29, 1.82) is 0 Å².